The first-order valence-electron chi connectivity index (χ1n) is 8.32. The van der Waals surface area contributed by atoms with Crippen molar-refractivity contribution in [2.75, 3.05) is 5.43 Å². The van der Waals surface area contributed by atoms with E-state index in [1.807, 2.05) is 49.6 Å². The number of nitrogens with one attached hydrogen (secondary N) is 1. The minimum Gasteiger partial charge on any atom is -0.374 e. The van der Waals surface area contributed by atoms with E-state index in [0.29, 0.717) is 11.7 Å². The molecule has 0 unspecified atom stereocenters. The van der Waals surface area contributed by atoms with Gasteiger partial charge in [0.1, 0.15) is 5.82 Å². The molecule has 0 radical (unpaired) electrons. The number of hydrogen-bond donors (Lipinski definition) is 1. The number of halogens is 1. The predicted molar refractivity (Wildman–Crippen MR) is 105 cm³/mol. The first-order chi connectivity index (χ1) is 12.6. The molecular formula is C20H20FN3OS. The van der Waals surface area contributed by atoms with Crippen LogP contribution < -0.4 is 5.43 Å². The van der Waals surface area contributed by atoms with E-state index >= 15 is 0 Å². The highest BCUT2D eigenvalue weighted by Crippen LogP contribution is 2.24. The van der Waals surface area contributed by atoms with Crippen molar-refractivity contribution in [3.63, 3.8) is 0 Å². The van der Waals surface area contributed by atoms with Gasteiger partial charge in [-0.25, -0.2) is 9.37 Å². The van der Waals surface area contributed by atoms with Gasteiger partial charge in [-0.05, 0) is 31.5 Å². The lowest BCUT2D eigenvalue weighted by molar-refractivity contribution is 0.0655. The zero-order chi connectivity index (χ0) is 18.4. The van der Waals surface area contributed by atoms with Crippen molar-refractivity contribution >= 4 is 22.7 Å². The summed E-state index contributed by atoms with van der Waals surface area (Å²) in [6, 6.07) is 14.5. The van der Waals surface area contributed by atoms with E-state index in [2.05, 4.69) is 15.5 Å². The van der Waals surface area contributed by atoms with Crippen LogP contribution in [0.15, 0.2) is 59.0 Å². The average Bonchev–Trinajstić information content (AvgIpc) is 3.11. The largest absolute Gasteiger partial charge is 0.374 e. The van der Waals surface area contributed by atoms with Gasteiger partial charge in [-0.1, -0.05) is 36.4 Å². The fraction of sp³-hybridized carbons (Fsp3) is 0.200. The molecule has 134 valence electrons. The van der Waals surface area contributed by atoms with Crippen LogP contribution in [-0.2, 0) is 11.3 Å². The Hall–Kier alpha value is -2.57. The maximum Gasteiger partial charge on any atom is 0.203 e. The second-order valence-electron chi connectivity index (χ2n) is 5.98. The van der Waals surface area contributed by atoms with Gasteiger partial charge in [-0.15, -0.1) is 11.3 Å². The molecule has 0 spiro atoms. The van der Waals surface area contributed by atoms with Crippen molar-refractivity contribution in [3.8, 4) is 11.3 Å². The average molecular weight is 369 g/mol. The molecule has 0 aliphatic heterocycles. The Labute approximate surface area is 156 Å². The van der Waals surface area contributed by atoms with Crippen LogP contribution in [0, 0.1) is 5.82 Å². The molecule has 1 N–H and O–H groups in total. The number of rotatable bonds is 7. The molecule has 0 amide bonds. The molecule has 0 aliphatic carbocycles. The van der Waals surface area contributed by atoms with Crippen LogP contribution in [0.5, 0.6) is 0 Å². The standard InChI is InChI=1S/C20H20FN3OS/c1-14(2)25-12-17-10-18(21)9-8-16(17)11-22-24-20-23-19(13-26-20)15-6-4-3-5-7-15/h3-11,13-14H,12H2,1-2H3,(H,23,24). The molecule has 1 heterocycles. The van der Waals surface area contributed by atoms with Crippen LogP contribution in [0.25, 0.3) is 11.3 Å². The number of hydrazone groups is 1. The fourth-order valence-corrected chi connectivity index (χ4v) is 2.97. The van der Waals surface area contributed by atoms with Crippen molar-refractivity contribution in [1.29, 1.82) is 0 Å². The van der Waals surface area contributed by atoms with Crippen LogP contribution in [0.4, 0.5) is 9.52 Å². The van der Waals surface area contributed by atoms with Gasteiger partial charge in [0.05, 0.1) is 24.6 Å². The number of anilines is 1. The maximum atomic E-state index is 13.5. The summed E-state index contributed by atoms with van der Waals surface area (Å²) >= 11 is 1.48. The van der Waals surface area contributed by atoms with Crippen LogP contribution in [0.1, 0.15) is 25.0 Å². The normalized spacial score (nSPS) is 11.4. The van der Waals surface area contributed by atoms with E-state index < -0.39 is 0 Å². The number of thiazole rings is 1. The van der Waals surface area contributed by atoms with Gasteiger partial charge >= 0.3 is 0 Å². The third-order valence-corrected chi connectivity index (χ3v) is 4.36. The SMILES string of the molecule is CC(C)OCc1cc(F)ccc1C=NNc1nc(-c2ccccc2)cs1. The summed E-state index contributed by atoms with van der Waals surface area (Å²) < 4.78 is 19.1. The van der Waals surface area contributed by atoms with E-state index in [0.717, 1.165) is 22.4 Å². The monoisotopic (exact) mass is 369 g/mol. The molecule has 0 bridgehead atoms. The molecule has 0 aliphatic rings. The highest BCUT2D eigenvalue weighted by atomic mass is 32.1. The number of benzene rings is 2. The second kappa shape index (κ2) is 8.69. The molecule has 0 atom stereocenters. The molecule has 0 saturated heterocycles. The molecular weight excluding hydrogens is 349 g/mol. The fourth-order valence-electron chi connectivity index (χ4n) is 2.31. The zero-order valence-electron chi connectivity index (χ0n) is 14.6. The van der Waals surface area contributed by atoms with Gasteiger partial charge in [0, 0.05) is 16.5 Å². The molecule has 4 nitrogen and oxygen atoms in total. The highest BCUT2D eigenvalue weighted by molar-refractivity contribution is 7.14. The Balaban J connectivity index is 1.68. The van der Waals surface area contributed by atoms with Gasteiger partial charge in [-0.3, -0.25) is 5.43 Å². The lowest BCUT2D eigenvalue weighted by Gasteiger charge is -2.10. The zero-order valence-corrected chi connectivity index (χ0v) is 15.5. The lowest BCUT2D eigenvalue weighted by atomic mass is 10.1. The first kappa shape index (κ1) is 18.2. The quantitative estimate of drug-likeness (QED) is 0.453. The summed E-state index contributed by atoms with van der Waals surface area (Å²) in [5.74, 6) is -0.287. The Morgan fingerprint density at radius 1 is 1.23 bits per heavy atom. The third kappa shape index (κ3) is 4.97. The molecule has 26 heavy (non-hydrogen) atoms. The Kier molecular flexibility index (Phi) is 6.09. The first-order valence-corrected chi connectivity index (χ1v) is 9.20. The minimum atomic E-state index is -0.287. The lowest BCUT2D eigenvalue weighted by Crippen LogP contribution is -2.05. The summed E-state index contributed by atoms with van der Waals surface area (Å²) in [4.78, 5) is 4.52. The van der Waals surface area contributed by atoms with Gasteiger partial charge in [-0.2, -0.15) is 5.10 Å². The van der Waals surface area contributed by atoms with Crippen LogP contribution in [0.3, 0.4) is 0 Å². The summed E-state index contributed by atoms with van der Waals surface area (Å²) in [5.41, 5.74) is 6.46. The minimum absolute atomic E-state index is 0.0768. The summed E-state index contributed by atoms with van der Waals surface area (Å²) in [6.07, 6.45) is 1.73. The second-order valence-corrected chi connectivity index (χ2v) is 6.83. The molecule has 6 heteroatoms. The highest BCUT2D eigenvalue weighted by Gasteiger charge is 2.05. The Morgan fingerprint density at radius 2 is 2.04 bits per heavy atom. The maximum absolute atomic E-state index is 13.5. The molecule has 3 aromatic rings. The molecule has 3 rings (SSSR count). The van der Waals surface area contributed by atoms with E-state index in [4.69, 9.17) is 4.74 Å². The molecule has 0 saturated carbocycles. The van der Waals surface area contributed by atoms with Crippen molar-refractivity contribution < 1.29 is 9.13 Å². The van der Waals surface area contributed by atoms with Gasteiger partial charge in [0.15, 0.2) is 0 Å². The number of aromatic nitrogens is 1. The number of nitrogens with zero attached hydrogens (tertiary/aromatic N) is 2. The van der Waals surface area contributed by atoms with E-state index in [1.54, 1.807) is 12.3 Å². The van der Waals surface area contributed by atoms with Gasteiger partial charge in [0.2, 0.25) is 5.13 Å². The van der Waals surface area contributed by atoms with Crippen molar-refractivity contribution in [3.05, 3.63) is 70.9 Å². The summed E-state index contributed by atoms with van der Waals surface area (Å²) in [7, 11) is 0. The predicted octanol–water partition coefficient (Wildman–Crippen LogP) is 5.32. The van der Waals surface area contributed by atoms with Crippen LogP contribution in [0.2, 0.25) is 0 Å². The smallest absolute Gasteiger partial charge is 0.203 e. The van der Waals surface area contributed by atoms with Crippen molar-refractivity contribution in [2.24, 2.45) is 5.10 Å². The third-order valence-electron chi connectivity index (χ3n) is 3.61. The Bertz CT molecular complexity index is 878. The molecule has 0 fully saturated rings. The summed E-state index contributed by atoms with van der Waals surface area (Å²) in [6.45, 7) is 4.23. The van der Waals surface area contributed by atoms with Crippen molar-refractivity contribution in [2.45, 2.75) is 26.6 Å². The van der Waals surface area contributed by atoms with Gasteiger partial charge < -0.3 is 4.74 Å². The topological polar surface area (TPSA) is 46.5 Å². The number of ether oxygens (including phenoxy) is 1. The van der Waals surface area contributed by atoms with E-state index in [1.165, 1.54) is 23.5 Å². The Morgan fingerprint density at radius 3 is 2.81 bits per heavy atom. The van der Waals surface area contributed by atoms with Gasteiger partial charge in [0.25, 0.3) is 0 Å². The van der Waals surface area contributed by atoms with E-state index in [-0.39, 0.29) is 11.9 Å². The molecule has 1 aromatic heterocycles. The van der Waals surface area contributed by atoms with E-state index in [9.17, 15) is 4.39 Å². The number of hydrogen-bond acceptors (Lipinski definition) is 5. The molecule has 2 aromatic carbocycles. The van der Waals surface area contributed by atoms with Crippen molar-refractivity contribution in [1.82, 2.24) is 4.98 Å². The van der Waals surface area contributed by atoms with Crippen LogP contribution >= 0.6 is 11.3 Å². The summed E-state index contributed by atoms with van der Waals surface area (Å²) in [5, 5.41) is 6.91. The van der Waals surface area contributed by atoms with Crippen LogP contribution in [-0.4, -0.2) is 17.3 Å².